The van der Waals surface area contributed by atoms with E-state index >= 15 is 0 Å². The summed E-state index contributed by atoms with van der Waals surface area (Å²) in [6.07, 6.45) is 1.43. The van der Waals surface area contributed by atoms with E-state index in [4.69, 9.17) is 34.8 Å². The SMILES string of the molecule is CC1(C)CC[Si](C)(CCCOc2ccc(C(F)(F)Oc3ccc(C=CC(=O)OCCCOC(=O)c4cc(N)cc(N)c4)cc3)cc2)[Si](C)(C)O1. The lowest BCUT2D eigenvalue weighted by Gasteiger charge is -2.51. The Hall–Kier alpha value is -4.21. The lowest BCUT2D eigenvalue weighted by Crippen LogP contribution is -2.65. The molecule has 0 saturated carbocycles. The number of anilines is 2. The van der Waals surface area contributed by atoms with Gasteiger partial charge >= 0.3 is 18.0 Å². The number of nitrogens with two attached hydrogens (primary N) is 2. The van der Waals surface area contributed by atoms with Crippen molar-refractivity contribution in [1.29, 1.82) is 0 Å². The molecular weight excluding hydrogens is 679 g/mol. The second kappa shape index (κ2) is 16.2. The molecule has 1 saturated heterocycles. The fourth-order valence-corrected chi connectivity index (χ4v) is 17.3. The zero-order valence-electron chi connectivity index (χ0n) is 29.4. The fourth-order valence-electron chi connectivity index (χ4n) is 5.91. The van der Waals surface area contributed by atoms with E-state index in [1.165, 1.54) is 72.8 Å². The third kappa shape index (κ3) is 10.9. The van der Waals surface area contributed by atoms with E-state index in [2.05, 4.69) is 33.5 Å². The summed E-state index contributed by atoms with van der Waals surface area (Å²) in [5.74, 6) is -0.693. The first-order valence-electron chi connectivity index (χ1n) is 16.8. The number of nitrogen functional groups attached to an aromatic ring is 2. The summed E-state index contributed by atoms with van der Waals surface area (Å²) in [7, 11) is -3.27. The standard InChI is InChI=1S/C37H48F2N2O7Si2/c1-36(2)18-23-50(5,49(3,4)48-36)22-7-21-44-32-15-11-29(12-16-32)37(38,39)47-33-13-8-27(9-14-33)10-17-34(42)45-19-6-20-46-35(43)28-24-30(40)26-31(41)25-28/h8-17,24-26H,6-7,18-23,40-41H2,1-5H3. The second-order valence-electron chi connectivity index (χ2n) is 14.0. The molecule has 13 heteroatoms. The minimum Gasteiger partial charge on any atom is -0.494 e. The van der Waals surface area contributed by atoms with Crippen LogP contribution in [0.25, 0.3) is 6.08 Å². The quantitative estimate of drug-likeness (QED) is 0.0524. The molecule has 9 nitrogen and oxygen atoms in total. The van der Waals surface area contributed by atoms with E-state index in [0.29, 0.717) is 29.3 Å². The van der Waals surface area contributed by atoms with Gasteiger partial charge in [-0.1, -0.05) is 30.8 Å². The highest BCUT2D eigenvalue weighted by Gasteiger charge is 2.52. The first-order chi connectivity index (χ1) is 23.5. The van der Waals surface area contributed by atoms with Crippen molar-refractivity contribution in [1.82, 2.24) is 0 Å². The smallest absolute Gasteiger partial charge is 0.426 e. The van der Waals surface area contributed by atoms with E-state index < -0.39 is 33.5 Å². The van der Waals surface area contributed by atoms with Crippen molar-refractivity contribution < 1.29 is 41.7 Å². The summed E-state index contributed by atoms with van der Waals surface area (Å²) in [4.78, 5) is 24.2. The Morgan fingerprint density at radius 3 is 2.14 bits per heavy atom. The molecule has 0 spiro atoms. The Morgan fingerprint density at radius 2 is 1.50 bits per heavy atom. The van der Waals surface area contributed by atoms with Gasteiger partial charge in [-0.25, -0.2) is 9.59 Å². The number of hydrogen-bond acceptors (Lipinski definition) is 9. The van der Waals surface area contributed by atoms with Crippen LogP contribution in [0.1, 0.15) is 54.6 Å². The Labute approximate surface area is 294 Å². The van der Waals surface area contributed by atoms with Gasteiger partial charge in [-0.2, -0.15) is 8.78 Å². The molecule has 0 aromatic heterocycles. The predicted molar refractivity (Wildman–Crippen MR) is 196 cm³/mol. The molecule has 1 aliphatic heterocycles. The highest BCUT2D eigenvalue weighted by atomic mass is 29.3. The number of esters is 2. The average molecular weight is 727 g/mol. The van der Waals surface area contributed by atoms with Gasteiger partial charge in [0.2, 0.25) is 0 Å². The van der Waals surface area contributed by atoms with Crippen molar-refractivity contribution in [2.45, 2.75) is 76.5 Å². The van der Waals surface area contributed by atoms with E-state index in [0.717, 1.165) is 18.9 Å². The predicted octanol–water partition coefficient (Wildman–Crippen LogP) is 8.11. The third-order valence-corrected chi connectivity index (χ3v) is 26.4. The first kappa shape index (κ1) is 38.6. The van der Waals surface area contributed by atoms with Gasteiger partial charge in [0, 0.05) is 23.9 Å². The van der Waals surface area contributed by atoms with Gasteiger partial charge in [-0.15, -0.1) is 0 Å². The third-order valence-electron chi connectivity index (χ3n) is 9.11. The summed E-state index contributed by atoms with van der Waals surface area (Å²) >= 11 is 0. The molecule has 50 heavy (non-hydrogen) atoms. The molecule has 0 aliphatic carbocycles. The van der Waals surface area contributed by atoms with E-state index in [9.17, 15) is 18.4 Å². The molecule has 3 aromatic carbocycles. The normalized spacial score (nSPS) is 18.4. The Morgan fingerprint density at radius 1 is 0.880 bits per heavy atom. The number of ether oxygens (including phenoxy) is 4. The molecule has 1 heterocycles. The van der Waals surface area contributed by atoms with Crippen molar-refractivity contribution in [3.05, 3.63) is 89.5 Å². The lowest BCUT2D eigenvalue weighted by atomic mass is 10.1. The molecular formula is C37H48F2N2O7Si2. The Kier molecular flexibility index (Phi) is 12.5. The summed E-state index contributed by atoms with van der Waals surface area (Å²) in [5, 5.41) is 0. The van der Waals surface area contributed by atoms with Gasteiger partial charge in [-0.3, -0.25) is 0 Å². The Balaban J connectivity index is 1.16. The van der Waals surface area contributed by atoms with Crippen LogP contribution < -0.4 is 20.9 Å². The zero-order valence-corrected chi connectivity index (χ0v) is 31.4. The molecule has 0 radical (unpaired) electrons. The van der Waals surface area contributed by atoms with Gasteiger partial charge in [0.15, 0.2) is 7.83 Å². The number of rotatable bonds is 15. The van der Waals surface area contributed by atoms with Crippen molar-refractivity contribution >= 4 is 44.8 Å². The molecule has 1 unspecified atom stereocenters. The molecule has 1 atom stereocenters. The van der Waals surface area contributed by atoms with Crippen LogP contribution in [-0.4, -0.2) is 52.8 Å². The van der Waals surface area contributed by atoms with Gasteiger partial charge in [0.05, 0.1) is 44.1 Å². The first-order valence-corrected chi connectivity index (χ1v) is 23.6. The topological polar surface area (TPSA) is 132 Å². The number of carbonyl (C=O) groups excluding carboxylic acids is 2. The molecule has 1 aliphatic rings. The monoisotopic (exact) mass is 726 g/mol. The van der Waals surface area contributed by atoms with Crippen LogP contribution in [0, 0.1) is 0 Å². The number of carbonyl (C=O) groups is 2. The van der Waals surface area contributed by atoms with Crippen molar-refractivity contribution in [2.24, 2.45) is 0 Å². The summed E-state index contributed by atoms with van der Waals surface area (Å²) in [6.45, 7) is 12.1. The van der Waals surface area contributed by atoms with Crippen LogP contribution in [0.15, 0.2) is 72.8 Å². The molecule has 1 fully saturated rings. The van der Waals surface area contributed by atoms with Crippen LogP contribution in [-0.2, 0) is 24.8 Å². The lowest BCUT2D eigenvalue weighted by molar-refractivity contribution is -0.185. The number of hydrogen-bond donors (Lipinski definition) is 2. The second-order valence-corrected chi connectivity index (χ2v) is 28.6. The average Bonchev–Trinajstić information content (AvgIpc) is 3.04. The molecule has 3 aromatic rings. The number of halogens is 2. The molecule has 270 valence electrons. The van der Waals surface area contributed by atoms with Gasteiger partial charge < -0.3 is 34.8 Å². The molecule has 4 rings (SSSR count). The van der Waals surface area contributed by atoms with Gasteiger partial charge in [0.25, 0.3) is 0 Å². The molecule has 0 bridgehead atoms. The van der Waals surface area contributed by atoms with Gasteiger partial charge in [-0.05, 0) is 106 Å². The van der Waals surface area contributed by atoms with Crippen molar-refractivity contribution in [3.63, 3.8) is 0 Å². The number of alkyl halides is 2. The minimum absolute atomic E-state index is 0.0275. The van der Waals surface area contributed by atoms with Crippen LogP contribution in [0.3, 0.4) is 0 Å². The zero-order chi connectivity index (χ0) is 36.6. The number of benzene rings is 3. The largest absolute Gasteiger partial charge is 0.494 e. The molecule has 4 N–H and O–H groups in total. The maximum absolute atomic E-state index is 15.0. The summed E-state index contributed by atoms with van der Waals surface area (Å²) in [5.41, 5.74) is 12.5. The van der Waals surface area contributed by atoms with Crippen molar-refractivity contribution in [2.75, 3.05) is 31.3 Å². The molecule has 0 amide bonds. The van der Waals surface area contributed by atoms with Crippen LogP contribution in [0.4, 0.5) is 20.2 Å². The van der Waals surface area contributed by atoms with Crippen LogP contribution in [0.5, 0.6) is 11.5 Å². The van der Waals surface area contributed by atoms with Gasteiger partial charge in [0.1, 0.15) is 11.5 Å². The van der Waals surface area contributed by atoms with Crippen LogP contribution >= 0.6 is 0 Å². The Bertz CT molecular complexity index is 1630. The summed E-state index contributed by atoms with van der Waals surface area (Å²) in [6, 6.07) is 18.4. The fraction of sp³-hybridized carbons (Fsp3) is 0.405. The van der Waals surface area contributed by atoms with Crippen LogP contribution in [0.2, 0.25) is 31.7 Å². The van der Waals surface area contributed by atoms with Crippen molar-refractivity contribution in [3.8, 4) is 11.5 Å². The maximum Gasteiger partial charge on any atom is 0.426 e. The van der Waals surface area contributed by atoms with E-state index in [1.54, 1.807) is 12.1 Å². The minimum atomic E-state index is -3.57. The summed E-state index contributed by atoms with van der Waals surface area (Å²) < 4.78 is 57.7. The van der Waals surface area contributed by atoms with E-state index in [-0.39, 0.29) is 42.1 Å². The highest BCUT2D eigenvalue weighted by molar-refractivity contribution is 7.38. The highest BCUT2D eigenvalue weighted by Crippen LogP contribution is 2.41. The van der Waals surface area contributed by atoms with E-state index in [1.807, 2.05) is 0 Å². The maximum atomic E-state index is 15.0.